The van der Waals surface area contributed by atoms with E-state index >= 15 is 0 Å². The first-order valence-electron chi connectivity index (χ1n) is 5.49. The first-order valence-corrected chi connectivity index (χ1v) is 5.90. The van der Waals surface area contributed by atoms with Crippen LogP contribution in [0, 0.1) is 10.5 Å². The standard InChI is InChI=1S/C14H9FN2S/c15-10-5-3-4-9(8-10)13-16-12-7-2-1-6-11(12)14(18)17-13/h1-8H,(H,16,17,18). The van der Waals surface area contributed by atoms with Crippen LogP contribution in [0.4, 0.5) is 4.39 Å². The summed E-state index contributed by atoms with van der Waals surface area (Å²) in [5.74, 6) is 0.292. The molecular weight excluding hydrogens is 247 g/mol. The molecule has 1 heterocycles. The van der Waals surface area contributed by atoms with Crippen molar-refractivity contribution in [3.8, 4) is 11.4 Å². The van der Waals surface area contributed by atoms with Crippen molar-refractivity contribution in [3.05, 3.63) is 59.0 Å². The highest BCUT2D eigenvalue weighted by Crippen LogP contribution is 2.19. The van der Waals surface area contributed by atoms with E-state index in [4.69, 9.17) is 12.2 Å². The molecule has 0 saturated carbocycles. The third-order valence-electron chi connectivity index (χ3n) is 2.72. The van der Waals surface area contributed by atoms with Crippen molar-refractivity contribution in [1.82, 2.24) is 9.97 Å². The lowest BCUT2D eigenvalue weighted by Crippen LogP contribution is -1.91. The van der Waals surface area contributed by atoms with Gasteiger partial charge in [0.1, 0.15) is 16.3 Å². The lowest BCUT2D eigenvalue weighted by atomic mass is 10.2. The Bertz CT molecular complexity index is 780. The van der Waals surface area contributed by atoms with Crippen LogP contribution in [0.25, 0.3) is 22.3 Å². The number of nitrogens with zero attached hydrogens (tertiary/aromatic N) is 1. The molecule has 0 spiro atoms. The Balaban J connectivity index is 2.28. The van der Waals surface area contributed by atoms with Crippen molar-refractivity contribution in [3.63, 3.8) is 0 Å². The lowest BCUT2D eigenvalue weighted by Gasteiger charge is -2.04. The summed E-state index contributed by atoms with van der Waals surface area (Å²) in [7, 11) is 0. The maximum atomic E-state index is 13.2. The lowest BCUT2D eigenvalue weighted by molar-refractivity contribution is 0.628. The minimum atomic E-state index is -0.290. The average Bonchev–Trinajstić information content (AvgIpc) is 2.39. The van der Waals surface area contributed by atoms with E-state index in [0.29, 0.717) is 16.0 Å². The number of benzene rings is 2. The van der Waals surface area contributed by atoms with Crippen LogP contribution < -0.4 is 0 Å². The van der Waals surface area contributed by atoms with Crippen molar-refractivity contribution in [2.24, 2.45) is 0 Å². The van der Waals surface area contributed by atoms with Gasteiger partial charge in [0, 0.05) is 16.5 Å². The van der Waals surface area contributed by atoms with Crippen LogP contribution in [0.5, 0.6) is 0 Å². The van der Waals surface area contributed by atoms with Crippen molar-refractivity contribution in [2.75, 3.05) is 0 Å². The zero-order valence-electron chi connectivity index (χ0n) is 9.35. The highest BCUT2D eigenvalue weighted by atomic mass is 32.1. The van der Waals surface area contributed by atoms with Crippen LogP contribution in [-0.2, 0) is 0 Å². The number of nitrogens with one attached hydrogen (secondary N) is 1. The molecule has 0 aliphatic heterocycles. The average molecular weight is 256 g/mol. The molecule has 2 nitrogen and oxygen atoms in total. The van der Waals surface area contributed by atoms with Gasteiger partial charge in [-0.15, -0.1) is 0 Å². The van der Waals surface area contributed by atoms with E-state index < -0.39 is 0 Å². The minimum absolute atomic E-state index is 0.290. The molecule has 0 saturated heterocycles. The van der Waals surface area contributed by atoms with Crippen LogP contribution in [0.1, 0.15) is 0 Å². The summed E-state index contributed by atoms with van der Waals surface area (Å²) in [6.07, 6.45) is 0. The number of halogens is 1. The van der Waals surface area contributed by atoms with Gasteiger partial charge in [-0.25, -0.2) is 9.37 Å². The van der Waals surface area contributed by atoms with Gasteiger partial charge in [-0.3, -0.25) is 0 Å². The van der Waals surface area contributed by atoms with Crippen LogP contribution in [-0.4, -0.2) is 9.97 Å². The first-order chi connectivity index (χ1) is 8.74. The second-order valence-corrected chi connectivity index (χ2v) is 4.33. The summed E-state index contributed by atoms with van der Waals surface area (Å²) < 4.78 is 13.7. The van der Waals surface area contributed by atoms with E-state index in [1.165, 1.54) is 12.1 Å². The fraction of sp³-hybridized carbons (Fsp3) is 0. The SMILES string of the molecule is Fc1cccc(-c2nc(=S)c3ccccc3[nH]2)c1. The molecule has 4 heteroatoms. The number of aromatic nitrogens is 2. The molecule has 0 radical (unpaired) electrons. The van der Waals surface area contributed by atoms with Gasteiger partial charge in [0.05, 0.1) is 0 Å². The van der Waals surface area contributed by atoms with Crippen LogP contribution in [0.3, 0.4) is 0 Å². The predicted molar refractivity (Wildman–Crippen MR) is 72.3 cm³/mol. The minimum Gasteiger partial charge on any atom is -0.339 e. The van der Waals surface area contributed by atoms with Crippen molar-refractivity contribution in [1.29, 1.82) is 0 Å². The maximum Gasteiger partial charge on any atom is 0.139 e. The first kappa shape index (κ1) is 11.0. The second-order valence-electron chi connectivity index (χ2n) is 3.95. The summed E-state index contributed by atoms with van der Waals surface area (Å²) in [6.45, 7) is 0. The molecule has 0 atom stereocenters. The van der Waals surface area contributed by atoms with Gasteiger partial charge in [0.2, 0.25) is 0 Å². The highest BCUT2D eigenvalue weighted by Gasteiger charge is 2.04. The summed E-state index contributed by atoms with van der Waals surface area (Å²) in [6, 6.07) is 14.0. The predicted octanol–water partition coefficient (Wildman–Crippen LogP) is 4.10. The molecule has 0 bridgehead atoms. The Kier molecular flexibility index (Phi) is 2.64. The van der Waals surface area contributed by atoms with Crippen LogP contribution in [0.15, 0.2) is 48.5 Å². The Morgan fingerprint density at radius 1 is 1.06 bits per heavy atom. The number of rotatable bonds is 1. The molecule has 3 aromatic rings. The Hall–Kier alpha value is -2.07. The highest BCUT2D eigenvalue weighted by molar-refractivity contribution is 7.71. The number of aromatic amines is 1. The Morgan fingerprint density at radius 3 is 2.72 bits per heavy atom. The fourth-order valence-corrected chi connectivity index (χ4v) is 2.14. The normalized spacial score (nSPS) is 10.7. The van der Waals surface area contributed by atoms with Gasteiger partial charge in [0.25, 0.3) is 0 Å². The van der Waals surface area contributed by atoms with Gasteiger partial charge >= 0.3 is 0 Å². The number of para-hydroxylation sites is 1. The van der Waals surface area contributed by atoms with Crippen molar-refractivity contribution in [2.45, 2.75) is 0 Å². The molecule has 0 fully saturated rings. The molecule has 18 heavy (non-hydrogen) atoms. The van der Waals surface area contributed by atoms with E-state index in [2.05, 4.69) is 9.97 Å². The van der Waals surface area contributed by atoms with Crippen molar-refractivity contribution >= 4 is 23.1 Å². The largest absolute Gasteiger partial charge is 0.339 e. The smallest absolute Gasteiger partial charge is 0.139 e. The van der Waals surface area contributed by atoms with Gasteiger partial charge in [0.15, 0.2) is 0 Å². The molecule has 0 aliphatic rings. The number of fused-ring (bicyclic) bond motifs is 1. The van der Waals surface area contributed by atoms with Gasteiger partial charge in [-0.05, 0) is 24.3 Å². The number of H-pyrrole nitrogens is 1. The molecule has 0 amide bonds. The number of hydrogen-bond donors (Lipinski definition) is 1. The van der Waals surface area contributed by atoms with E-state index in [-0.39, 0.29) is 5.82 Å². The van der Waals surface area contributed by atoms with E-state index in [1.54, 1.807) is 12.1 Å². The third kappa shape index (κ3) is 1.91. The van der Waals surface area contributed by atoms with Crippen LogP contribution >= 0.6 is 12.2 Å². The zero-order chi connectivity index (χ0) is 12.5. The molecule has 2 aromatic carbocycles. The van der Waals surface area contributed by atoms with E-state index in [9.17, 15) is 4.39 Å². The topological polar surface area (TPSA) is 28.7 Å². The quantitative estimate of drug-likeness (QED) is 0.664. The Labute approximate surface area is 108 Å². The molecular formula is C14H9FN2S. The van der Waals surface area contributed by atoms with Gasteiger partial charge < -0.3 is 4.98 Å². The molecule has 3 rings (SSSR count). The fourth-order valence-electron chi connectivity index (χ4n) is 1.87. The molecule has 0 unspecified atom stereocenters. The second kappa shape index (κ2) is 4.31. The summed E-state index contributed by atoms with van der Waals surface area (Å²) in [5.41, 5.74) is 1.59. The molecule has 1 aromatic heterocycles. The van der Waals surface area contributed by atoms with E-state index in [0.717, 1.165) is 10.9 Å². The summed E-state index contributed by atoms with van der Waals surface area (Å²) in [4.78, 5) is 7.47. The molecule has 88 valence electrons. The molecule has 1 N–H and O–H groups in total. The number of hydrogen-bond acceptors (Lipinski definition) is 2. The summed E-state index contributed by atoms with van der Waals surface area (Å²) >= 11 is 5.25. The third-order valence-corrected chi connectivity index (χ3v) is 3.03. The summed E-state index contributed by atoms with van der Waals surface area (Å²) in [5, 5.41) is 0.896. The zero-order valence-corrected chi connectivity index (χ0v) is 10.2. The monoisotopic (exact) mass is 256 g/mol. The van der Waals surface area contributed by atoms with Gasteiger partial charge in [-0.1, -0.05) is 36.5 Å². The van der Waals surface area contributed by atoms with Crippen molar-refractivity contribution < 1.29 is 4.39 Å². The Morgan fingerprint density at radius 2 is 1.89 bits per heavy atom. The molecule has 0 aliphatic carbocycles. The maximum absolute atomic E-state index is 13.2. The van der Waals surface area contributed by atoms with Crippen LogP contribution in [0.2, 0.25) is 0 Å². The van der Waals surface area contributed by atoms with Gasteiger partial charge in [-0.2, -0.15) is 0 Å². The van der Waals surface area contributed by atoms with E-state index in [1.807, 2.05) is 24.3 Å².